The molecule has 2 aromatic rings. The number of nitrogens with two attached hydrogens (primary N) is 1. The lowest BCUT2D eigenvalue weighted by Gasteiger charge is -2.09. The average Bonchev–Trinajstić information content (AvgIpc) is 2.32. The first kappa shape index (κ1) is 12.2. The van der Waals surface area contributed by atoms with Crippen molar-refractivity contribution >= 4 is 17.1 Å². The molecule has 0 unspecified atom stereocenters. The molecular weight excluding hydrogens is 250 g/mol. The predicted octanol–water partition coefficient (Wildman–Crippen LogP) is 2.96. The van der Waals surface area contributed by atoms with Crippen LogP contribution in [0.25, 0.3) is 0 Å². The fourth-order valence-corrected chi connectivity index (χ4v) is 1.35. The molecule has 1 aromatic heterocycles. The lowest BCUT2D eigenvalue weighted by Crippen LogP contribution is -2.03. The van der Waals surface area contributed by atoms with Gasteiger partial charge >= 0.3 is 0 Å². The highest BCUT2D eigenvalue weighted by molar-refractivity contribution is 5.63. The number of aromatic nitrogens is 1. The maximum Gasteiger partial charge on any atom is 0.185 e. The molecule has 3 nitrogen and oxygen atoms in total. The highest BCUT2D eigenvalue weighted by atomic mass is 19.2. The summed E-state index contributed by atoms with van der Waals surface area (Å²) in [5.74, 6) is -6.02. The smallest absolute Gasteiger partial charge is 0.185 e. The van der Waals surface area contributed by atoms with Crippen LogP contribution >= 0.6 is 0 Å². The van der Waals surface area contributed by atoms with Gasteiger partial charge in [-0.15, -0.1) is 0 Å². The summed E-state index contributed by atoms with van der Waals surface area (Å²) in [5, 5.41) is 2.19. The molecule has 94 valence electrons. The minimum atomic E-state index is -1.52. The van der Waals surface area contributed by atoms with Gasteiger partial charge in [-0.25, -0.2) is 17.6 Å². The summed E-state index contributed by atoms with van der Waals surface area (Å²) in [6, 6.07) is 1.45. The van der Waals surface area contributed by atoms with E-state index in [1.165, 1.54) is 18.5 Å². The van der Waals surface area contributed by atoms with Crippen molar-refractivity contribution in [2.45, 2.75) is 0 Å². The summed E-state index contributed by atoms with van der Waals surface area (Å²) >= 11 is 0. The molecule has 0 fully saturated rings. The Bertz CT molecular complexity index is 575. The summed E-state index contributed by atoms with van der Waals surface area (Å²) in [6.07, 6.45) is 2.52. The molecule has 2 rings (SSSR count). The van der Waals surface area contributed by atoms with Crippen molar-refractivity contribution in [3.8, 4) is 0 Å². The number of benzene rings is 1. The summed E-state index contributed by atoms with van der Waals surface area (Å²) in [7, 11) is 0. The van der Waals surface area contributed by atoms with Crippen LogP contribution in [0.1, 0.15) is 0 Å². The van der Waals surface area contributed by atoms with Crippen LogP contribution in [0.2, 0.25) is 0 Å². The van der Waals surface area contributed by atoms with Crippen molar-refractivity contribution in [2.75, 3.05) is 11.1 Å². The summed E-state index contributed by atoms with van der Waals surface area (Å²) < 4.78 is 52.5. The zero-order valence-electron chi connectivity index (χ0n) is 8.85. The van der Waals surface area contributed by atoms with Crippen LogP contribution in [0, 0.1) is 23.3 Å². The van der Waals surface area contributed by atoms with E-state index in [1.54, 1.807) is 0 Å². The molecule has 0 saturated carbocycles. The van der Waals surface area contributed by atoms with Crippen LogP contribution in [0.15, 0.2) is 24.5 Å². The minimum absolute atomic E-state index is 0.109. The van der Waals surface area contributed by atoms with Gasteiger partial charge in [0.2, 0.25) is 0 Å². The largest absolute Gasteiger partial charge is 0.397 e. The Kier molecular flexibility index (Phi) is 3.05. The van der Waals surface area contributed by atoms with Gasteiger partial charge in [-0.05, 0) is 6.07 Å². The van der Waals surface area contributed by atoms with Crippen LogP contribution in [0.5, 0.6) is 0 Å². The highest BCUT2D eigenvalue weighted by Gasteiger charge is 2.19. The Balaban J connectivity index is 2.46. The second kappa shape index (κ2) is 4.52. The first-order valence-corrected chi connectivity index (χ1v) is 4.79. The van der Waals surface area contributed by atoms with E-state index in [0.717, 1.165) is 0 Å². The maximum atomic E-state index is 13.3. The Labute approximate surface area is 99.3 Å². The summed E-state index contributed by atoms with van der Waals surface area (Å²) in [4.78, 5) is 3.66. The molecule has 1 heterocycles. The quantitative estimate of drug-likeness (QED) is 0.642. The molecule has 0 amide bonds. The lowest BCUT2D eigenvalue weighted by atomic mass is 10.2. The second-order valence-corrected chi connectivity index (χ2v) is 3.48. The van der Waals surface area contributed by atoms with E-state index in [4.69, 9.17) is 5.73 Å². The van der Waals surface area contributed by atoms with Gasteiger partial charge in [0, 0.05) is 12.3 Å². The van der Waals surface area contributed by atoms with Gasteiger partial charge in [-0.1, -0.05) is 0 Å². The molecular formula is C11H7F4N3. The van der Waals surface area contributed by atoms with E-state index in [1.807, 2.05) is 0 Å². The van der Waals surface area contributed by atoms with E-state index < -0.39 is 29.0 Å². The molecule has 1 aromatic carbocycles. The highest BCUT2D eigenvalue weighted by Crippen LogP contribution is 2.27. The van der Waals surface area contributed by atoms with Gasteiger partial charge < -0.3 is 11.1 Å². The number of rotatable bonds is 2. The molecule has 0 bridgehead atoms. The second-order valence-electron chi connectivity index (χ2n) is 3.48. The van der Waals surface area contributed by atoms with Gasteiger partial charge in [-0.3, -0.25) is 4.98 Å². The van der Waals surface area contributed by atoms with Crippen molar-refractivity contribution in [3.05, 3.63) is 47.8 Å². The van der Waals surface area contributed by atoms with Gasteiger partial charge in [0.1, 0.15) is 5.69 Å². The Morgan fingerprint density at radius 1 is 0.944 bits per heavy atom. The third-order valence-corrected chi connectivity index (χ3v) is 2.14. The Hall–Kier alpha value is -2.31. The maximum absolute atomic E-state index is 13.3. The van der Waals surface area contributed by atoms with Crippen LogP contribution in [0.4, 0.5) is 34.6 Å². The third-order valence-electron chi connectivity index (χ3n) is 2.14. The zero-order valence-corrected chi connectivity index (χ0v) is 8.85. The van der Waals surface area contributed by atoms with E-state index in [2.05, 4.69) is 10.3 Å². The van der Waals surface area contributed by atoms with E-state index in [0.29, 0.717) is 0 Å². The molecule has 7 heteroatoms. The number of hydrogen-bond donors (Lipinski definition) is 2. The minimum Gasteiger partial charge on any atom is -0.397 e. The van der Waals surface area contributed by atoms with Crippen molar-refractivity contribution in [2.24, 2.45) is 0 Å². The molecule has 0 aliphatic rings. The fourth-order valence-electron chi connectivity index (χ4n) is 1.35. The number of halogens is 4. The van der Waals surface area contributed by atoms with E-state index in [9.17, 15) is 17.6 Å². The fraction of sp³-hybridized carbons (Fsp3) is 0. The molecule has 0 aliphatic carbocycles. The SMILES string of the molecule is Nc1cncc(Nc2c(F)c(F)cc(F)c2F)c1. The summed E-state index contributed by atoms with van der Waals surface area (Å²) in [6.45, 7) is 0. The lowest BCUT2D eigenvalue weighted by molar-refractivity contribution is 0.459. The monoisotopic (exact) mass is 257 g/mol. The van der Waals surface area contributed by atoms with Crippen LogP contribution in [0.3, 0.4) is 0 Å². The van der Waals surface area contributed by atoms with Gasteiger partial charge in [0.05, 0.1) is 17.6 Å². The number of hydrogen-bond acceptors (Lipinski definition) is 3. The van der Waals surface area contributed by atoms with Gasteiger partial charge in [0.15, 0.2) is 23.3 Å². The van der Waals surface area contributed by atoms with Crippen molar-refractivity contribution < 1.29 is 17.6 Å². The van der Waals surface area contributed by atoms with Crippen LogP contribution < -0.4 is 11.1 Å². The van der Waals surface area contributed by atoms with Crippen molar-refractivity contribution in [3.63, 3.8) is 0 Å². The number of nitrogen functional groups attached to an aromatic ring is 1. The molecule has 0 saturated heterocycles. The normalized spacial score (nSPS) is 10.4. The number of nitrogens with one attached hydrogen (secondary N) is 1. The first-order valence-electron chi connectivity index (χ1n) is 4.79. The number of anilines is 3. The molecule has 0 atom stereocenters. The zero-order chi connectivity index (χ0) is 13.3. The third kappa shape index (κ3) is 2.20. The molecule has 18 heavy (non-hydrogen) atoms. The van der Waals surface area contributed by atoms with E-state index >= 15 is 0 Å². The number of nitrogens with zero attached hydrogens (tertiary/aromatic N) is 1. The van der Waals surface area contributed by atoms with Crippen LogP contribution in [-0.2, 0) is 0 Å². The summed E-state index contributed by atoms with van der Waals surface area (Å²) in [5.41, 5.74) is 4.82. The van der Waals surface area contributed by atoms with Crippen LogP contribution in [-0.4, -0.2) is 4.98 Å². The van der Waals surface area contributed by atoms with E-state index in [-0.39, 0.29) is 17.4 Å². The molecule has 0 radical (unpaired) electrons. The molecule has 3 N–H and O–H groups in total. The number of pyridine rings is 1. The molecule has 0 spiro atoms. The van der Waals surface area contributed by atoms with Crippen molar-refractivity contribution in [1.29, 1.82) is 0 Å². The molecule has 0 aliphatic heterocycles. The van der Waals surface area contributed by atoms with Gasteiger partial charge in [0.25, 0.3) is 0 Å². The predicted molar refractivity (Wildman–Crippen MR) is 58.2 cm³/mol. The standard InChI is InChI=1S/C11H7F4N3/c12-7-2-8(13)10(15)11(9(7)14)18-6-1-5(16)3-17-4-6/h1-4,18H,16H2. The van der Waals surface area contributed by atoms with Gasteiger partial charge in [-0.2, -0.15) is 0 Å². The Morgan fingerprint density at radius 2 is 1.56 bits per heavy atom. The average molecular weight is 257 g/mol. The van der Waals surface area contributed by atoms with Crippen molar-refractivity contribution in [1.82, 2.24) is 4.98 Å². The topological polar surface area (TPSA) is 50.9 Å². The first-order chi connectivity index (χ1) is 8.49. The Morgan fingerprint density at radius 3 is 2.11 bits per heavy atom.